The van der Waals surface area contributed by atoms with Crippen molar-refractivity contribution in [2.45, 2.75) is 30.9 Å². The summed E-state index contributed by atoms with van der Waals surface area (Å²) in [5.74, 6) is 0.347. The molecule has 0 radical (unpaired) electrons. The van der Waals surface area contributed by atoms with Crippen LogP contribution in [0.5, 0.6) is 0 Å². The number of nitrogens with zero attached hydrogens (tertiary/aromatic N) is 2. The highest BCUT2D eigenvalue weighted by Crippen LogP contribution is 2.26. The molecule has 1 fully saturated rings. The Hall–Kier alpha value is -1.22. The van der Waals surface area contributed by atoms with Crippen molar-refractivity contribution in [1.29, 1.82) is 0 Å². The van der Waals surface area contributed by atoms with Crippen LogP contribution < -0.4 is 5.32 Å². The standard InChI is InChI=1S/C13H21N3O4S/c1-3-14-13-12(5-4-6-15-13)21(18,19)16-7-11(8-17)20-9-10(16)2/h4-6,10-11,17H,3,7-9H2,1-2H3,(H,14,15). The Bertz CT molecular complexity index is 579. The van der Waals surface area contributed by atoms with E-state index in [-0.39, 0.29) is 30.7 Å². The molecule has 0 amide bonds. The first-order valence-corrected chi connectivity index (χ1v) is 8.38. The number of aliphatic hydroxyl groups excluding tert-OH is 1. The van der Waals surface area contributed by atoms with Crippen LogP contribution in [0.3, 0.4) is 0 Å². The molecule has 118 valence electrons. The van der Waals surface area contributed by atoms with E-state index in [4.69, 9.17) is 4.74 Å². The Morgan fingerprint density at radius 3 is 3.00 bits per heavy atom. The van der Waals surface area contributed by atoms with Crippen LogP contribution in [-0.2, 0) is 14.8 Å². The number of morpholine rings is 1. The second-order valence-electron chi connectivity index (χ2n) is 4.94. The summed E-state index contributed by atoms with van der Waals surface area (Å²) in [5, 5.41) is 12.2. The zero-order valence-corrected chi connectivity index (χ0v) is 13.0. The van der Waals surface area contributed by atoms with Crippen molar-refractivity contribution < 1.29 is 18.3 Å². The Labute approximate surface area is 125 Å². The van der Waals surface area contributed by atoms with Crippen LogP contribution in [-0.4, -0.2) is 61.3 Å². The third-order valence-corrected chi connectivity index (χ3v) is 5.37. The molecule has 1 aromatic heterocycles. The average molecular weight is 315 g/mol. The van der Waals surface area contributed by atoms with Crippen molar-refractivity contribution in [3.8, 4) is 0 Å². The lowest BCUT2D eigenvalue weighted by Crippen LogP contribution is -2.51. The highest BCUT2D eigenvalue weighted by atomic mass is 32.2. The molecule has 1 saturated heterocycles. The van der Waals surface area contributed by atoms with Crippen LogP contribution in [0.15, 0.2) is 23.2 Å². The molecule has 0 aromatic carbocycles. The normalized spacial score (nSPS) is 24.0. The van der Waals surface area contributed by atoms with E-state index in [1.807, 2.05) is 6.92 Å². The number of pyridine rings is 1. The van der Waals surface area contributed by atoms with Gasteiger partial charge in [-0.05, 0) is 26.0 Å². The van der Waals surface area contributed by atoms with Gasteiger partial charge in [0.15, 0.2) is 0 Å². The molecule has 0 aliphatic carbocycles. The highest BCUT2D eigenvalue weighted by Gasteiger charge is 2.36. The van der Waals surface area contributed by atoms with Gasteiger partial charge in [-0.3, -0.25) is 0 Å². The minimum atomic E-state index is -3.69. The highest BCUT2D eigenvalue weighted by molar-refractivity contribution is 7.89. The lowest BCUT2D eigenvalue weighted by atomic mass is 10.2. The minimum Gasteiger partial charge on any atom is -0.394 e. The Kier molecular flexibility index (Phi) is 5.15. The summed E-state index contributed by atoms with van der Waals surface area (Å²) in [4.78, 5) is 4.25. The van der Waals surface area contributed by atoms with E-state index in [2.05, 4.69) is 10.3 Å². The first-order valence-electron chi connectivity index (χ1n) is 6.93. The zero-order valence-electron chi connectivity index (χ0n) is 12.2. The van der Waals surface area contributed by atoms with Crippen molar-refractivity contribution >= 4 is 15.8 Å². The van der Waals surface area contributed by atoms with Crippen molar-refractivity contribution in [3.63, 3.8) is 0 Å². The molecule has 2 unspecified atom stereocenters. The molecule has 0 spiro atoms. The summed E-state index contributed by atoms with van der Waals surface area (Å²) < 4.78 is 32.5. The fourth-order valence-corrected chi connectivity index (χ4v) is 4.03. The molecule has 2 N–H and O–H groups in total. The van der Waals surface area contributed by atoms with Crippen LogP contribution >= 0.6 is 0 Å². The zero-order chi connectivity index (χ0) is 15.5. The number of rotatable bonds is 5. The largest absolute Gasteiger partial charge is 0.394 e. The van der Waals surface area contributed by atoms with E-state index in [0.717, 1.165) is 0 Å². The average Bonchev–Trinajstić information content (AvgIpc) is 2.48. The molecule has 8 heteroatoms. The maximum absolute atomic E-state index is 12.9. The van der Waals surface area contributed by atoms with Gasteiger partial charge in [-0.25, -0.2) is 13.4 Å². The van der Waals surface area contributed by atoms with E-state index in [1.54, 1.807) is 19.2 Å². The van der Waals surface area contributed by atoms with Crippen molar-refractivity contribution in [3.05, 3.63) is 18.3 Å². The number of aliphatic hydroxyl groups is 1. The van der Waals surface area contributed by atoms with E-state index in [0.29, 0.717) is 12.4 Å². The van der Waals surface area contributed by atoms with Gasteiger partial charge < -0.3 is 15.2 Å². The first kappa shape index (κ1) is 16.2. The van der Waals surface area contributed by atoms with E-state index in [9.17, 15) is 13.5 Å². The fourth-order valence-electron chi connectivity index (χ4n) is 2.26. The predicted molar refractivity (Wildman–Crippen MR) is 78.6 cm³/mol. The number of anilines is 1. The SMILES string of the molecule is CCNc1ncccc1S(=O)(=O)N1CC(CO)OCC1C. The molecule has 2 atom stereocenters. The van der Waals surface area contributed by atoms with Crippen LogP contribution in [0.1, 0.15) is 13.8 Å². The van der Waals surface area contributed by atoms with Crippen LogP contribution in [0.4, 0.5) is 5.82 Å². The van der Waals surface area contributed by atoms with Crippen molar-refractivity contribution in [2.75, 3.05) is 31.6 Å². The number of sulfonamides is 1. The van der Waals surface area contributed by atoms with E-state index >= 15 is 0 Å². The van der Waals surface area contributed by atoms with Crippen molar-refractivity contribution in [2.24, 2.45) is 0 Å². The van der Waals surface area contributed by atoms with Gasteiger partial charge in [0.05, 0.1) is 19.3 Å². The summed E-state index contributed by atoms with van der Waals surface area (Å²) in [6.45, 7) is 4.45. The molecule has 0 saturated carbocycles. The second-order valence-corrected chi connectivity index (χ2v) is 6.80. The third-order valence-electron chi connectivity index (χ3n) is 3.35. The summed E-state index contributed by atoms with van der Waals surface area (Å²) in [7, 11) is -3.69. The van der Waals surface area contributed by atoms with Gasteiger partial charge in [0.25, 0.3) is 0 Å². The molecule has 0 bridgehead atoms. The monoisotopic (exact) mass is 315 g/mol. The second kappa shape index (κ2) is 6.69. The predicted octanol–water partition coefficient (Wildman–Crippen LogP) is 0.284. The van der Waals surface area contributed by atoms with E-state index in [1.165, 1.54) is 10.4 Å². The maximum Gasteiger partial charge on any atom is 0.247 e. The topological polar surface area (TPSA) is 91.8 Å². The van der Waals surface area contributed by atoms with Crippen LogP contribution in [0, 0.1) is 0 Å². The molecule has 21 heavy (non-hydrogen) atoms. The van der Waals surface area contributed by atoms with Gasteiger partial charge in [-0.15, -0.1) is 0 Å². The fraction of sp³-hybridized carbons (Fsp3) is 0.615. The van der Waals surface area contributed by atoms with Gasteiger partial charge in [0, 0.05) is 25.3 Å². The van der Waals surface area contributed by atoms with Gasteiger partial charge in [0.1, 0.15) is 10.7 Å². The smallest absolute Gasteiger partial charge is 0.247 e. The molecule has 1 aliphatic heterocycles. The summed E-state index contributed by atoms with van der Waals surface area (Å²) >= 11 is 0. The molecule has 1 aliphatic rings. The Balaban J connectivity index is 2.36. The molecular weight excluding hydrogens is 294 g/mol. The Morgan fingerprint density at radius 2 is 2.33 bits per heavy atom. The van der Waals surface area contributed by atoms with Crippen molar-refractivity contribution in [1.82, 2.24) is 9.29 Å². The number of hydrogen-bond acceptors (Lipinski definition) is 6. The molecule has 2 heterocycles. The third kappa shape index (κ3) is 3.34. The molecule has 2 rings (SSSR count). The summed E-state index contributed by atoms with van der Waals surface area (Å²) in [6, 6.07) is 2.85. The number of hydrogen-bond donors (Lipinski definition) is 2. The maximum atomic E-state index is 12.9. The van der Waals surface area contributed by atoms with E-state index < -0.39 is 16.1 Å². The summed E-state index contributed by atoms with van der Waals surface area (Å²) in [6.07, 6.45) is 1.06. The van der Waals surface area contributed by atoms with Crippen LogP contribution in [0.25, 0.3) is 0 Å². The molecular formula is C13H21N3O4S. The minimum absolute atomic E-state index is 0.139. The quantitative estimate of drug-likeness (QED) is 0.811. The number of nitrogens with one attached hydrogen (secondary N) is 1. The first-order chi connectivity index (χ1) is 10.0. The lowest BCUT2D eigenvalue weighted by Gasteiger charge is -2.36. The Morgan fingerprint density at radius 1 is 1.57 bits per heavy atom. The summed E-state index contributed by atoms with van der Waals surface area (Å²) in [5.41, 5.74) is 0. The van der Waals surface area contributed by atoms with Gasteiger partial charge in [0.2, 0.25) is 10.0 Å². The number of ether oxygens (including phenoxy) is 1. The molecule has 7 nitrogen and oxygen atoms in total. The number of aromatic nitrogens is 1. The van der Waals surface area contributed by atoms with Gasteiger partial charge in [-0.1, -0.05) is 0 Å². The van der Waals surface area contributed by atoms with Gasteiger partial charge >= 0.3 is 0 Å². The van der Waals surface area contributed by atoms with Gasteiger partial charge in [-0.2, -0.15) is 4.31 Å². The lowest BCUT2D eigenvalue weighted by molar-refractivity contribution is -0.0516. The molecule has 1 aromatic rings. The van der Waals surface area contributed by atoms with Crippen LogP contribution in [0.2, 0.25) is 0 Å².